The van der Waals surface area contributed by atoms with Crippen molar-refractivity contribution >= 4 is 21.8 Å². The largest absolute Gasteiger partial charge is 0.252 e. The van der Waals surface area contributed by atoms with E-state index in [2.05, 4.69) is 9.97 Å². The lowest BCUT2D eigenvalue weighted by Gasteiger charge is -2.25. The Labute approximate surface area is 151 Å². The van der Waals surface area contributed by atoms with Gasteiger partial charge >= 0.3 is 0 Å². The third-order valence-electron chi connectivity index (χ3n) is 3.83. The highest BCUT2D eigenvalue weighted by molar-refractivity contribution is 7.99. The Morgan fingerprint density at radius 1 is 0.962 bits per heavy atom. The molecule has 1 aliphatic heterocycles. The van der Waals surface area contributed by atoms with Gasteiger partial charge in [-0.15, -0.1) is 0 Å². The van der Waals surface area contributed by atoms with E-state index in [9.17, 15) is 26.0 Å². The molecular formula is C15H13F4N3O2S2. The number of aromatic nitrogens is 2. The zero-order valence-electron chi connectivity index (χ0n) is 13.3. The number of nitrogens with zero attached hydrogens (tertiary/aromatic N) is 3. The molecule has 0 spiro atoms. The fraction of sp³-hybridized carbons (Fsp3) is 0.333. The highest BCUT2D eigenvalue weighted by Gasteiger charge is 2.27. The lowest BCUT2D eigenvalue weighted by atomic mass is 10.2. The summed E-state index contributed by atoms with van der Waals surface area (Å²) in [6.45, 7) is 0.843. The van der Waals surface area contributed by atoms with E-state index in [1.165, 1.54) is 16.4 Å². The van der Waals surface area contributed by atoms with Crippen LogP contribution in [0.3, 0.4) is 0 Å². The van der Waals surface area contributed by atoms with E-state index in [1.807, 2.05) is 0 Å². The van der Waals surface area contributed by atoms with Crippen LogP contribution in [-0.2, 0) is 10.0 Å². The molecule has 3 rings (SSSR count). The maximum Gasteiger partial charge on any atom is 0.252 e. The van der Waals surface area contributed by atoms with Gasteiger partial charge in [-0.1, -0.05) is 18.2 Å². The molecule has 140 valence electrons. The van der Waals surface area contributed by atoms with E-state index in [4.69, 9.17) is 0 Å². The van der Waals surface area contributed by atoms with Gasteiger partial charge in [-0.05, 0) is 25.0 Å². The maximum absolute atomic E-state index is 13.6. The van der Waals surface area contributed by atoms with Crippen LogP contribution in [-0.4, -0.2) is 35.8 Å². The van der Waals surface area contributed by atoms with Crippen LogP contribution in [0.25, 0.3) is 0 Å². The topological polar surface area (TPSA) is 63.2 Å². The van der Waals surface area contributed by atoms with Crippen molar-refractivity contribution in [3.05, 3.63) is 41.9 Å². The molecule has 0 amide bonds. The Hall–Kier alpha value is -1.72. The molecule has 1 saturated heterocycles. The van der Waals surface area contributed by atoms with Gasteiger partial charge in [0.05, 0.1) is 4.90 Å². The Bertz CT molecular complexity index is 891. The van der Waals surface area contributed by atoms with Crippen LogP contribution in [0.2, 0.25) is 0 Å². The van der Waals surface area contributed by atoms with Crippen LogP contribution in [0.15, 0.2) is 33.1 Å². The number of pyridine rings is 2. The van der Waals surface area contributed by atoms with Gasteiger partial charge in [0, 0.05) is 19.3 Å². The molecule has 11 heteroatoms. The highest BCUT2D eigenvalue weighted by Crippen LogP contribution is 2.33. The lowest BCUT2D eigenvalue weighted by molar-refractivity contribution is 0.346. The molecule has 0 aromatic carbocycles. The fourth-order valence-electron chi connectivity index (χ4n) is 2.50. The number of hydrogen-bond donors (Lipinski definition) is 0. The second-order valence-corrected chi connectivity index (χ2v) is 8.52. The number of rotatable bonds is 4. The van der Waals surface area contributed by atoms with E-state index in [0.29, 0.717) is 24.9 Å². The van der Waals surface area contributed by atoms with Crippen LogP contribution >= 0.6 is 11.8 Å². The van der Waals surface area contributed by atoms with Crippen LogP contribution in [0.4, 0.5) is 17.6 Å². The summed E-state index contributed by atoms with van der Waals surface area (Å²) >= 11 is 0.335. The Morgan fingerprint density at radius 2 is 1.58 bits per heavy atom. The minimum Gasteiger partial charge on any atom is -0.248 e. The van der Waals surface area contributed by atoms with Crippen LogP contribution in [0.1, 0.15) is 19.3 Å². The molecule has 1 aliphatic rings. The summed E-state index contributed by atoms with van der Waals surface area (Å²) < 4.78 is 79.9. The van der Waals surface area contributed by atoms with Crippen molar-refractivity contribution in [1.29, 1.82) is 0 Å². The SMILES string of the molecule is O=S(=O)(c1ccc(Sc2c(F)c(F)nc(F)c2F)nc1)N1CCCCC1. The normalized spacial score (nSPS) is 16.0. The number of halogens is 4. The average Bonchev–Trinajstić information content (AvgIpc) is 2.65. The molecule has 2 aromatic rings. The lowest BCUT2D eigenvalue weighted by Crippen LogP contribution is -2.35. The molecule has 26 heavy (non-hydrogen) atoms. The van der Waals surface area contributed by atoms with Crippen molar-refractivity contribution < 1.29 is 26.0 Å². The van der Waals surface area contributed by atoms with Crippen molar-refractivity contribution in [2.75, 3.05) is 13.1 Å². The van der Waals surface area contributed by atoms with Gasteiger partial charge in [0.1, 0.15) is 9.92 Å². The van der Waals surface area contributed by atoms with Gasteiger partial charge in [0.15, 0.2) is 11.6 Å². The van der Waals surface area contributed by atoms with Crippen molar-refractivity contribution in [1.82, 2.24) is 14.3 Å². The van der Waals surface area contributed by atoms with E-state index in [0.717, 1.165) is 25.5 Å². The zero-order chi connectivity index (χ0) is 18.9. The van der Waals surface area contributed by atoms with Crippen LogP contribution < -0.4 is 0 Å². The van der Waals surface area contributed by atoms with E-state index in [-0.39, 0.29) is 9.92 Å². The first kappa shape index (κ1) is 19.1. The summed E-state index contributed by atoms with van der Waals surface area (Å²) in [6.07, 6.45) is 3.57. The second-order valence-electron chi connectivity index (χ2n) is 5.55. The molecule has 0 aliphatic carbocycles. The predicted octanol–water partition coefficient (Wildman–Crippen LogP) is 3.36. The minimum absolute atomic E-state index is 0.0228. The highest BCUT2D eigenvalue weighted by atomic mass is 32.2. The molecule has 0 saturated carbocycles. The van der Waals surface area contributed by atoms with Crippen molar-refractivity contribution in [3.8, 4) is 0 Å². The van der Waals surface area contributed by atoms with Crippen LogP contribution in [0, 0.1) is 23.5 Å². The summed E-state index contributed by atoms with van der Waals surface area (Å²) in [6, 6.07) is 2.46. The average molecular weight is 407 g/mol. The molecule has 2 aromatic heterocycles. The number of piperidine rings is 1. The van der Waals surface area contributed by atoms with Crippen molar-refractivity contribution in [2.45, 2.75) is 34.1 Å². The minimum atomic E-state index is -3.70. The molecule has 1 fully saturated rings. The van der Waals surface area contributed by atoms with E-state index >= 15 is 0 Å². The molecule has 0 radical (unpaired) electrons. The first-order valence-corrected chi connectivity index (χ1v) is 9.90. The first-order chi connectivity index (χ1) is 12.3. The molecule has 0 atom stereocenters. The Kier molecular flexibility index (Phi) is 5.49. The first-order valence-electron chi connectivity index (χ1n) is 7.65. The third kappa shape index (κ3) is 3.69. The van der Waals surface area contributed by atoms with Gasteiger partial charge in [-0.25, -0.2) is 22.2 Å². The molecule has 3 heterocycles. The Morgan fingerprint density at radius 3 is 2.12 bits per heavy atom. The summed E-state index contributed by atoms with van der Waals surface area (Å²) in [4.78, 5) is 5.31. The molecule has 5 nitrogen and oxygen atoms in total. The monoisotopic (exact) mass is 407 g/mol. The standard InChI is InChI=1S/C15H13F4N3O2S2/c16-11-13(12(17)15(19)21-14(11)18)25-10-5-4-9(8-20-10)26(23,24)22-6-2-1-3-7-22/h4-5,8H,1-3,6-7H2. The number of hydrogen-bond acceptors (Lipinski definition) is 5. The van der Waals surface area contributed by atoms with Gasteiger partial charge in [0.25, 0.3) is 11.9 Å². The maximum atomic E-state index is 13.6. The van der Waals surface area contributed by atoms with Gasteiger partial charge in [-0.2, -0.15) is 18.1 Å². The summed E-state index contributed by atoms with van der Waals surface area (Å²) in [5.41, 5.74) is 0. The second kappa shape index (κ2) is 7.49. The third-order valence-corrected chi connectivity index (χ3v) is 6.72. The van der Waals surface area contributed by atoms with Gasteiger partial charge in [0.2, 0.25) is 10.0 Å². The van der Waals surface area contributed by atoms with E-state index in [1.54, 1.807) is 0 Å². The number of sulfonamides is 1. The quantitative estimate of drug-likeness (QED) is 0.575. The molecule has 0 unspecified atom stereocenters. The summed E-state index contributed by atoms with van der Waals surface area (Å²) in [7, 11) is -3.70. The fourth-order valence-corrected chi connectivity index (χ4v) is 4.76. The van der Waals surface area contributed by atoms with Crippen molar-refractivity contribution in [3.63, 3.8) is 0 Å². The van der Waals surface area contributed by atoms with Gasteiger partial charge in [-0.3, -0.25) is 0 Å². The van der Waals surface area contributed by atoms with Gasteiger partial charge < -0.3 is 0 Å². The van der Waals surface area contributed by atoms with Crippen molar-refractivity contribution in [2.24, 2.45) is 0 Å². The molecule has 0 bridgehead atoms. The molecule has 0 N–H and O–H groups in total. The Balaban J connectivity index is 1.85. The van der Waals surface area contributed by atoms with Crippen LogP contribution in [0.5, 0.6) is 0 Å². The van der Waals surface area contributed by atoms with E-state index < -0.39 is 38.4 Å². The zero-order valence-corrected chi connectivity index (χ0v) is 14.9. The summed E-state index contributed by atoms with van der Waals surface area (Å²) in [5, 5.41) is -0.0228. The predicted molar refractivity (Wildman–Crippen MR) is 85.0 cm³/mol. The molecular weight excluding hydrogens is 394 g/mol. The summed E-state index contributed by atoms with van der Waals surface area (Å²) in [5.74, 6) is -6.81. The smallest absolute Gasteiger partial charge is 0.248 e.